The zero-order valence-corrected chi connectivity index (χ0v) is 11.4. The minimum Gasteiger partial charge on any atom is -0.494 e. The van der Waals surface area contributed by atoms with Crippen LogP contribution in [-0.2, 0) is 0 Å². The third-order valence-electron chi connectivity index (χ3n) is 2.85. The highest BCUT2D eigenvalue weighted by Crippen LogP contribution is 2.27. The molecule has 1 aromatic carbocycles. The van der Waals surface area contributed by atoms with Gasteiger partial charge in [0.2, 0.25) is 0 Å². The molecule has 1 aromatic rings. The van der Waals surface area contributed by atoms with Crippen molar-refractivity contribution in [1.82, 2.24) is 0 Å². The van der Waals surface area contributed by atoms with E-state index < -0.39 is 5.82 Å². The standard InChI is InChI=1S/C14H23FN2O/c1-10(2)6-4-5-7-17-13-9-14(18-3)11(15)8-12(13)16/h8-10,17H,4-7,16H2,1-3H3. The Bertz CT molecular complexity index is 380. The first-order valence-electron chi connectivity index (χ1n) is 6.41. The first-order valence-corrected chi connectivity index (χ1v) is 6.41. The van der Waals surface area contributed by atoms with Crippen molar-refractivity contribution in [2.75, 3.05) is 24.7 Å². The number of hydrogen-bond acceptors (Lipinski definition) is 3. The molecule has 0 fully saturated rings. The lowest BCUT2D eigenvalue weighted by Gasteiger charge is -2.12. The van der Waals surface area contributed by atoms with Crippen molar-refractivity contribution in [2.24, 2.45) is 5.92 Å². The molecule has 0 saturated heterocycles. The van der Waals surface area contributed by atoms with Gasteiger partial charge in [0.05, 0.1) is 18.5 Å². The Morgan fingerprint density at radius 2 is 2.06 bits per heavy atom. The van der Waals surface area contributed by atoms with Crippen LogP contribution < -0.4 is 15.8 Å². The third kappa shape index (κ3) is 4.43. The quantitative estimate of drug-likeness (QED) is 0.576. The Hall–Kier alpha value is -1.45. The third-order valence-corrected chi connectivity index (χ3v) is 2.85. The number of benzene rings is 1. The Kier molecular flexibility index (Phi) is 5.75. The molecule has 0 saturated carbocycles. The van der Waals surface area contributed by atoms with Crippen molar-refractivity contribution in [1.29, 1.82) is 0 Å². The van der Waals surface area contributed by atoms with Gasteiger partial charge in [-0.05, 0) is 12.3 Å². The average molecular weight is 254 g/mol. The molecule has 3 N–H and O–H groups in total. The van der Waals surface area contributed by atoms with E-state index in [1.54, 1.807) is 6.07 Å². The molecule has 0 heterocycles. The molecule has 0 aliphatic carbocycles. The van der Waals surface area contributed by atoms with Gasteiger partial charge >= 0.3 is 0 Å². The van der Waals surface area contributed by atoms with Crippen molar-refractivity contribution >= 4 is 11.4 Å². The van der Waals surface area contributed by atoms with Gasteiger partial charge in [-0.25, -0.2) is 4.39 Å². The van der Waals surface area contributed by atoms with Gasteiger partial charge in [0.1, 0.15) is 0 Å². The van der Waals surface area contributed by atoms with E-state index in [4.69, 9.17) is 10.5 Å². The maximum absolute atomic E-state index is 13.3. The van der Waals surface area contributed by atoms with Crippen molar-refractivity contribution in [3.8, 4) is 5.75 Å². The highest BCUT2D eigenvalue weighted by molar-refractivity contribution is 5.68. The van der Waals surface area contributed by atoms with Gasteiger partial charge in [0, 0.05) is 18.7 Å². The average Bonchev–Trinajstić information content (AvgIpc) is 2.30. The molecule has 0 amide bonds. The van der Waals surface area contributed by atoms with Crippen LogP contribution in [0.15, 0.2) is 12.1 Å². The van der Waals surface area contributed by atoms with Crippen LogP contribution in [-0.4, -0.2) is 13.7 Å². The molecule has 0 aromatic heterocycles. The van der Waals surface area contributed by atoms with Crippen LogP contribution in [0, 0.1) is 11.7 Å². The molecule has 1 rings (SSSR count). The lowest BCUT2D eigenvalue weighted by atomic mass is 10.1. The molecule has 0 aliphatic heterocycles. The molecule has 0 unspecified atom stereocenters. The molecule has 0 spiro atoms. The van der Waals surface area contributed by atoms with Gasteiger partial charge in [0.25, 0.3) is 0 Å². The maximum atomic E-state index is 13.3. The van der Waals surface area contributed by atoms with Crippen LogP contribution >= 0.6 is 0 Å². The van der Waals surface area contributed by atoms with Gasteiger partial charge in [-0.2, -0.15) is 0 Å². The summed E-state index contributed by atoms with van der Waals surface area (Å²) in [7, 11) is 1.45. The molecule has 0 bridgehead atoms. The number of unbranched alkanes of at least 4 members (excludes halogenated alkanes) is 1. The summed E-state index contributed by atoms with van der Waals surface area (Å²) in [5, 5.41) is 3.22. The SMILES string of the molecule is COc1cc(NCCCCC(C)C)c(N)cc1F. The second kappa shape index (κ2) is 7.09. The lowest BCUT2D eigenvalue weighted by Crippen LogP contribution is -2.05. The summed E-state index contributed by atoms with van der Waals surface area (Å²) in [4.78, 5) is 0. The summed E-state index contributed by atoms with van der Waals surface area (Å²) < 4.78 is 18.3. The number of halogens is 1. The fraction of sp³-hybridized carbons (Fsp3) is 0.571. The monoisotopic (exact) mass is 254 g/mol. The van der Waals surface area contributed by atoms with E-state index in [1.807, 2.05) is 0 Å². The number of nitrogens with one attached hydrogen (secondary N) is 1. The Morgan fingerprint density at radius 1 is 1.33 bits per heavy atom. The van der Waals surface area contributed by atoms with E-state index in [9.17, 15) is 4.39 Å². The number of rotatable bonds is 7. The van der Waals surface area contributed by atoms with Crippen molar-refractivity contribution in [2.45, 2.75) is 33.1 Å². The van der Waals surface area contributed by atoms with E-state index in [1.165, 1.54) is 26.0 Å². The second-order valence-corrected chi connectivity index (χ2v) is 4.89. The minimum atomic E-state index is -0.430. The summed E-state index contributed by atoms with van der Waals surface area (Å²) in [5.41, 5.74) is 6.90. The van der Waals surface area contributed by atoms with Crippen molar-refractivity contribution in [3.05, 3.63) is 17.9 Å². The van der Waals surface area contributed by atoms with Crippen molar-refractivity contribution < 1.29 is 9.13 Å². The second-order valence-electron chi connectivity index (χ2n) is 4.89. The van der Waals surface area contributed by atoms with Gasteiger partial charge in [0.15, 0.2) is 11.6 Å². The molecule has 0 radical (unpaired) electrons. The summed E-state index contributed by atoms with van der Waals surface area (Å²) in [5.74, 6) is 0.523. The molecule has 3 nitrogen and oxygen atoms in total. The zero-order chi connectivity index (χ0) is 13.5. The first-order chi connectivity index (χ1) is 8.54. The highest BCUT2D eigenvalue weighted by atomic mass is 19.1. The van der Waals surface area contributed by atoms with E-state index in [0.29, 0.717) is 5.69 Å². The predicted molar refractivity (Wildman–Crippen MR) is 74.5 cm³/mol. The van der Waals surface area contributed by atoms with Gasteiger partial charge in [-0.1, -0.05) is 26.7 Å². The number of hydrogen-bond donors (Lipinski definition) is 2. The maximum Gasteiger partial charge on any atom is 0.167 e. The topological polar surface area (TPSA) is 47.3 Å². The molecule has 18 heavy (non-hydrogen) atoms. The van der Waals surface area contributed by atoms with E-state index in [-0.39, 0.29) is 5.75 Å². The summed E-state index contributed by atoms with van der Waals surface area (Å²) in [6.45, 7) is 5.28. The Balaban J connectivity index is 2.47. The molecule has 4 heteroatoms. The van der Waals surface area contributed by atoms with Gasteiger partial charge < -0.3 is 15.8 Å². The fourth-order valence-electron chi connectivity index (χ4n) is 1.78. The molecule has 0 aliphatic rings. The van der Waals surface area contributed by atoms with E-state index >= 15 is 0 Å². The lowest BCUT2D eigenvalue weighted by molar-refractivity contribution is 0.387. The highest BCUT2D eigenvalue weighted by Gasteiger charge is 2.07. The first kappa shape index (κ1) is 14.6. The normalized spacial score (nSPS) is 10.7. The molecule has 0 atom stereocenters. The summed E-state index contributed by atoms with van der Waals surface area (Å²) in [6, 6.07) is 2.89. The molecular formula is C14H23FN2O. The van der Waals surface area contributed by atoms with E-state index in [0.717, 1.165) is 24.6 Å². The van der Waals surface area contributed by atoms with Crippen LogP contribution in [0.5, 0.6) is 5.75 Å². The zero-order valence-electron chi connectivity index (χ0n) is 11.4. The molecular weight excluding hydrogens is 231 g/mol. The van der Waals surface area contributed by atoms with Gasteiger partial charge in [-0.3, -0.25) is 0 Å². The summed E-state index contributed by atoms with van der Waals surface area (Å²) in [6.07, 6.45) is 3.49. The van der Waals surface area contributed by atoms with Crippen molar-refractivity contribution in [3.63, 3.8) is 0 Å². The predicted octanol–water partition coefficient (Wildman–Crippen LogP) is 3.65. The van der Waals surface area contributed by atoms with Crippen LogP contribution in [0.3, 0.4) is 0 Å². The minimum absolute atomic E-state index is 0.217. The van der Waals surface area contributed by atoms with Crippen LogP contribution in [0.4, 0.5) is 15.8 Å². The summed E-state index contributed by atoms with van der Waals surface area (Å²) >= 11 is 0. The molecule has 102 valence electrons. The van der Waals surface area contributed by atoms with E-state index in [2.05, 4.69) is 19.2 Å². The van der Waals surface area contributed by atoms with Gasteiger partial charge in [-0.15, -0.1) is 0 Å². The smallest absolute Gasteiger partial charge is 0.167 e. The number of ether oxygens (including phenoxy) is 1. The fourth-order valence-corrected chi connectivity index (χ4v) is 1.78. The number of methoxy groups -OCH3 is 1. The number of nitrogen functional groups attached to an aromatic ring is 1. The number of nitrogens with two attached hydrogens (primary N) is 1. The largest absolute Gasteiger partial charge is 0.494 e. The van der Waals surface area contributed by atoms with Crippen LogP contribution in [0.2, 0.25) is 0 Å². The van der Waals surface area contributed by atoms with Crippen LogP contribution in [0.25, 0.3) is 0 Å². The van der Waals surface area contributed by atoms with Crippen LogP contribution in [0.1, 0.15) is 33.1 Å². The number of anilines is 2. The Labute approximate surface area is 109 Å². The Morgan fingerprint density at radius 3 is 2.67 bits per heavy atom.